The van der Waals surface area contributed by atoms with Gasteiger partial charge in [-0.05, 0) is 36.8 Å². The third kappa shape index (κ3) is 4.68. The Kier molecular flexibility index (Phi) is 6.56. The summed E-state index contributed by atoms with van der Waals surface area (Å²) in [6.45, 7) is 0.340. The van der Waals surface area contributed by atoms with Gasteiger partial charge in [-0.15, -0.1) is 0 Å². The molecule has 1 N–H and O–H groups in total. The summed E-state index contributed by atoms with van der Waals surface area (Å²) in [5, 5.41) is 3.23. The minimum absolute atomic E-state index is 0.173. The van der Waals surface area contributed by atoms with Crippen LogP contribution in [0.4, 0.5) is 11.5 Å². The van der Waals surface area contributed by atoms with Gasteiger partial charge in [0.25, 0.3) is 5.91 Å². The van der Waals surface area contributed by atoms with Crippen molar-refractivity contribution in [3.8, 4) is 11.5 Å². The van der Waals surface area contributed by atoms with Gasteiger partial charge in [-0.25, -0.2) is 4.98 Å². The van der Waals surface area contributed by atoms with Gasteiger partial charge in [0, 0.05) is 30.4 Å². The van der Waals surface area contributed by atoms with Crippen molar-refractivity contribution < 1.29 is 19.1 Å². The summed E-state index contributed by atoms with van der Waals surface area (Å²) in [7, 11) is 1.53. The van der Waals surface area contributed by atoms with E-state index in [4.69, 9.17) is 21.1 Å². The highest BCUT2D eigenvalue weighted by molar-refractivity contribution is 6.32. The van der Waals surface area contributed by atoms with Gasteiger partial charge in [0.2, 0.25) is 12.0 Å². The zero-order valence-electron chi connectivity index (χ0n) is 17.5. The normalized spacial score (nSPS) is 15.0. The van der Waals surface area contributed by atoms with Gasteiger partial charge in [0.15, 0.2) is 11.6 Å². The lowest BCUT2D eigenvalue weighted by Gasteiger charge is -2.33. The molecule has 164 valence electrons. The van der Waals surface area contributed by atoms with E-state index in [0.717, 1.165) is 5.56 Å². The van der Waals surface area contributed by atoms with Gasteiger partial charge in [-0.2, -0.15) is 0 Å². The van der Waals surface area contributed by atoms with Crippen LogP contribution in [-0.4, -0.2) is 30.5 Å². The second-order valence-electron chi connectivity index (χ2n) is 7.22. The first-order chi connectivity index (χ1) is 15.6. The Morgan fingerprint density at radius 3 is 2.75 bits per heavy atom. The summed E-state index contributed by atoms with van der Waals surface area (Å²) >= 11 is 6.11. The molecule has 2 heterocycles. The maximum atomic E-state index is 13.2. The van der Waals surface area contributed by atoms with E-state index in [1.54, 1.807) is 41.4 Å². The number of pyridine rings is 1. The van der Waals surface area contributed by atoms with E-state index in [0.29, 0.717) is 41.0 Å². The maximum Gasteiger partial charge on any atom is 0.274 e. The van der Waals surface area contributed by atoms with Gasteiger partial charge < -0.3 is 14.8 Å². The van der Waals surface area contributed by atoms with Crippen LogP contribution in [0.3, 0.4) is 0 Å². The fourth-order valence-electron chi connectivity index (χ4n) is 3.52. The Labute approximate surface area is 190 Å². The second-order valence-corrected chi connectivity index (χ2v) is 7.63. The molecular weight excluding hydrogens is 430 g/mol. The summed E-state index contributed by atoms with van der Waals surface area (Å²) in [6, 6.07) is 17.9. The summed E-state index contributed by atoms with van der Waals surface area (Å²) in [5.41, 5.74) is 1.35. The van der Waals surface area contributed by atoms with Gasteiger partial charge >= 0.3 is 0 Å². The molecule has 0 saturated carbocycles. The van der Waals surface area contributed by atoms with Gasteiger partial charge in [0.1, 0.15) is 5.75 Å². The van der Waals surface area contributed by atoms with Crippen LogP contribution < -0.4 is 19.7 Å². The number of halogens is 1. The lowest BCUT2D eigenvalue weighted by atomic mass is 10.1. The highest BCUT2D eigenvalue weighted by Crippen LogP contribution is 2.37. The number of amides is 2. The topological polar surface area (TPSA) is 80.8 Å². The molecule has 0 spiro atoms. The van der Waals surface area contributed by atoms with Gasteiger partial charge in [0.05, 0.1) is 12.1 Å². The van der Waals surface area contributed by atoms with Crippen molar-refractivity contribution in [1.29, 1.82) is 0 Å². The zero-order valence-corrected chi connectivity index (χ0v) is 18.2. The number of aromatic nitrogens is 1. The molecule has 0 aliphatic carbocycles. The molecule has 1 atom stereocenters. The third-order valence-electron chi connectivity index (χ3n) is 5.07. The Morgan fingerprint density at radius 1 is 1.19 bits per heavy atom. The fraction of sp³-hybridized carbons (Fsp3) is 0.208. The van der Waals surface area contributed by atoms with E-state index in [1.807, 2.05) is 30.3 Å². The van der Waals surface area contributed by atoms with Crippen LogP contribution in [0.25, 0.3) is 0 Å². The Hall–Kier alpha value is -3.58. The van der Waals surface area contributed by atoms with Gasteiger partial charge in [-0.1, -0.05) is 41.9 Å². The van der Waals surface area contributed by atoms with Crippen molar-refractivity contribution in [1.82, 2.24) is 4.98 Å². The summed E-state index contributed by atoms with van der Waals surface area (Å²) in [4.78, 5) is 31.5. The quantitative estimate of drug-likeness (QED) is 0.566. The number of ether oxygens (including phenoxy) is 2. The van der Waals surface area contributed by atoms with Crippen LogP contribution in [0, 0.1) is 0 Å². The highest BCUT2D eigenvalue weighted by atomic mass is 35.5. The Balaban J connectivity index is 1.42. The minimum atomic E-state index is -0.747. The van der Waals surface area contributed by atoms with Crippen molar-refractivity contribution in [3.63, 3.8) is 0 Å². The molecule has 1 aliphatic heterocycles. The van der Waals surface area contributed by atoms with Gasteiger partial charge in [-0.3, -0.25) is 14.5 Å². The molecule has 0 fully saturated rings. The maximum absolute atomic E-state index is 13.2. The van der Waals surface area contributed by atoms with Crippen molar-refractivity contribution >= 4 is 34.9 Å². The number of nitrogens with zero attached hydrogens (tertiary/aromatic N) is 2. The van der Waals surface area contributed by atoms with E-state index < -0.39 is 6.10 Å². The molecule has 1 aromatic heterocycles. The predicted octanol–water partition coefficient (Wildman–Crippen LogP) is 4.63. The van der Waals surface area contributed by atoms with E-state index in [9.17, 15) is 9.59 Å². The first-order valence-electron chi connectivity index (χ1n) is 10.2. The number of carbonyl (C=O) groups excluding carboxylic acids is 2. The van der Waals surface area contributed by atoms with E-state index >= 15 is 0 Å². The fourth-order valence-corrected chi connectivity index (χ4v) is 3.78. The van der Waals surface area contributed by atoms with Crippen molar-refractivity contribution in [2.45, 2.75) is 18.9 Å². The first-order valence-corrected chi connectivity index (χ1v) is 10.6. The van der Waals surface area contributed by atoms with Crippen LogP contribution in [0.15, 0.2) is 66.9 Å². The molecule has 32 heavy (non-hydrogen) atoms. The molecular formula is C24H22ClN3O4. The number of fused-ring (bicyclic) bond motifs is 1. The molecule has 7 nitrogen and oxygen atoms in total. The van der Waals surface area contributed by atoms with Crippen LogP contribution in [-0.2, 0) is 9.59 Å². The van der Waals surface area contributed by atoms with Crippen molar-refractivity contribution in [3.05, 3.63) is 77.4 Å². The van der Waals surface area contributed by atoms with E-state index in [-0.39, 0.29) is 18.2 Å². The minimum Gasteiger partial charge on any atom is -0.495 e. The number of methoxy groups -OCH3 is 1. The highest BCUT2D eigenvalue weighted by Gasteiger charge is 2.36. The molecule has 2 amide bonds. The zero-order chi connectivity index (χ0) is 22.5. The van der Waals surface area contributed by atoms with Crippen molar-refractivity contribution in [2.75, 3.05) is 23.9 Å². The lowest BCUT2D eigenvalue weighted by molar-refractivity contribution is -0.127. The monoisotopic (exact) mass is 451 g/mol. The molecule has 0 unspecified atom stereocenters. The average molecular weight is 452 g/mol. The SMILES string of the molecule is COc1ccc(NC(=O)CCCN2C(=O)[C@H](c3ccccc3)Oc3cccnc32)cc1Cl. The van der Waals surface area contributed by atoms with Crippen LogP contribution in [0.1, 0.15) is 24.5 Å². The number of hydrogen-bond donors (Lipinski definition) is 1. The Morgan fingerprint density at radius 2 is 2.00 bits per heavy atom. The van der Waals surface area contributed by atoms with Crippen LogP contribution in [0.5, 0.6) is 11.5 Å². The molecule has 4 rings (SSSR count). The predicted molar refractivity (Wildman–Crippen MR) is 122 cm³/mol. The van der Waals surface area contributed by atoms with Crippen molar-refractivity contribution in [2.24, 2.45) is 0 Å². The number of nitrogens with one attached hydrogen (secondary N) is 1. The summed E-state index contributed by atoms with van der Waals surface area (Å²) < 4.78 is 11.1. The standard InChI is InChI=1S/C24H22ClN3O4/c1-31-19-12-11-17(15-18(19)25)27-21(29)10-6-14-28-23-20(9-5-13-26-23)32-22(24(28)30)16-7-3-2-4-8-16/h2-5,7-9,11-13,15,22H,6,10,14H2,1H3,(H,27,29)/t22-/m0/s1. The molecule has 3 aromatic rings. The molecule has 0 radical (unpaired) electrons. The largest absolute Gasteiger partial charge is 0.495 e. The molecule has 0 saturated heterocycles. The smallest absolute Gasteiger partial charge is 0.274 e. The third-order valence-corrected chi connectivity index (χ3v) is 5.36. The van der Waals surface area contributed by atoms with E-state index in [1.165, 1.54) is 7.11 Å². The molecule has 0 bridgehead atoms. The van der Waals surface area contributed by atoms with Crippen LogP contribution >= 0.6 is 11.6 Å². The number of rotatable bonds is 7. The number of hydrogen-bond acceptors (Lipinski definition) is 5. The number of anilines is 2. The van der Waals surface area contributed by atoms with E-state index in [2.05, 4.69) is 10.3 Å². The molecule has 1 aliphatic rings. The number of carbonyl (C=O) groups is 2. The first kappa shape index (κ1) is 21.6. The van der Waals surface area contributed by atoms with Crippen LogP contribution in [0.2, 0.25) is 5.02 Å². The molecule has 8 heteroatoms. The lowest BCUT2D eigenvalue weighted by Crippen LogP contribution is -2.42. The summed E-state index contributed by atoms with van der Waals surface area (Å²) in [6.07, 6.45) is 1.56. The Bertz CT molecular complexity index is 1120. The molecule has 2 aromatic carbocycles. The summed E-state index contributed by atoms with van der Waals surface area (Å²) in [5.74, 6) is 1.16. The second kappa shape index (κ2) is 9.70. The average Bonchev–Trinajstić information content (AvgIpc) is 2.81. The number of benzene rings is 2.